The number of halogens is 1. The molecule has 38 heavy (non-hydrogen) atoms. The van der Waals surface area contributed by atoms with Crippen molar-refractivity contribution in [1.82, 2.24) is 19.7 Å². The van der Waals surface area contributed by atoms with Gasteiger partial charge in [-0.05, 0) is 48.9 Å². The minimum atomic E-state index is -0.271. The number of carbonyl (C=O) groups is 1. The molecule has 1 fully saturated rings. The van der Waals surface area contributed by atoms with Crippen LogP contribution in [0.4, 0.5) is 0 Å². The van der Waals surface area contributed by atoms with E-state index in [-0.39, 0.29) is 11.5 Å². The van der Waals surface area contributed by atoms with Crippen molar-refractivity contribution < 1.29 is 9.53 Å². The number of aromatic nitrogens is 1. The lowest BCUT2D eigenvalue weighted by Gasteiger charge is -2.40. The van der Waals surface area contributed by atoms with Gasteiger partial charge in [0.15, 0.2) is 0 Å². The van der Waals surface area contributed by atoms with E-state index < -0.39 is 0 Å². The maximum atomic E-state index is 13.1. The molecule has 1 aliphatic carbocycles. The van der Waals surface area contributed by atoms with Crippen LogP contribution in [0.15, 0.2) is 59.0 Å². The minimum absolute atomic E-state index is 0.182. The topological polar surface area (TPSA) is 66.8 Å². The molecule has 8 heteroatoms. The normalized spacial score (nSPS) is 16.4. The molecule has 7 nitrogen and oxygen atoms in total. The molecular weight excluding hydrogens is 500 g/mol. The van der Waals surface area contributed by atoms with Gasteiger partial charge in [-0.1, -0.05) is 35.9 Å². The lowest BCUT2D eigenvalue weighted by molar-refractivity contribution is 0.0964. The Labute approximate surface area is 228 Å². The van der Waals surface area contributed by atoms with Gasteiger partial charge in [-0.15, -0.1) is 0 Å². The van der Waals surface area contributed by atoms with Crippen LogP contribution in [0.1, 0.15) is 40.7 Å². The molecule has 1 aliphatic heterocycles. The lowest BCUT2D eigenvalue weighted by Crippen LogP contribution is -2.44. The van der Waals surface area contributed by atoms with Crippen molar-refractivity contribution in [2.24, 2.45) is 0 Å². The Morgan fingerprint density at radius 3 is 2.61 bits per heavy atom. The van der Waals surface area contributed by atoms with Crippen LogP contribution in [0, 0.1) is 0 Å². The van der Waals surface area contributed by atoms with E-state index in [1.165, 1.54) is 17.3 Å². The molecule has 1 aromatic heterocycles. The fourth-order valence-electron chi connectivity index (χ4n) is 5.83. The van der Waals surface area contributed by atoms with Gasteiger partial charge in [0.05, 0.1) is 23.2 Å². The van der Waals surface area contributed by atoms with Crippen LogP contribution in [0.5, 0.6) is 5.75 Å². The molecule has 0 bridgehead atoms. The standard InChI is InChI=1S/C30H35ClN4O3/c1-32-30(37)25-19-28(36)35(27-18-22(38-3)9-10-24(25)27)17-16-34-14-12-21(13-15-34)33(2)26-11-8-20-6-4-5-7-23(20)29(26)31/h4-7,9-10,18-19,21H,8,11-17H2,1-3H3,(H,32,37). The number of piperidine rings is 1. The van der Waals surface area contributed by atoms with Gasteiger partial charge < -0.3 is 24.4 Å². The van der Waals surface area contributed by atoms with Crippen molar-refractivity contribution in [1.29, 1.82) is 0 Å². The van der Waals surface area contributed by atoms with Crippen LogP contribution >= 0.6 is 11.6 Å². The summed E-state index contributed by atoms with van der Waals surface area (Å²) in [5.41, 5.74) is 4.65. The molecule has 1 N–H and O–H groups in total. The van der Waals surface area contributed by atoms with Gasteiger partial charge in [0.25, 0.3) is 11.5 Å². The smallest absolute Gasteiger partial charge is 0.251 e. The summed E-state index contributed by atoms with van der Waals surface area (Å²) < 4.78 is 7.16. The van der Waals surface area contributed by atoms with Gasteiger partial charge in [0.2, 0.25) is 0 Å². The lowest BCUT2D eigenvalue weighted by atomic mass is 9.93. The van der Waals surface area contributed by atoms with Gasteiger partial charge in [0, 0.05) is 69.5 Å². The Morgan fingerprint density at radius 1 is 1.11 bits per heavy atom. The number of aryl methyl sites for hydroxylation is 1. The SMILES string of the molecule is CNC(=O)c1cc(=O)n(CCN2CCC(N(C)C3=C(Cl)c4ccccc4CC3)CC2)c2cc(OC)ccc12. The molecule has 1 saturated heterocycles. The van der Waals surface area contributed by atoms with Gasteiger partial charge in [-0.3, -0.25) is 9.59 Å². The third-order valence-corrected chi connectivity index (χ3v) is 8.52. The number of allylic oxidation sites excluding steroid dienone is 1. The van der Waals surface area contributed by atoms with E-state index >= 15 is 0 Å². The Hall–Kier alpha value is -3.29. The van der Waals surface area contributed by atoms with Gasteiger partial charge >= 0.3 is 0 Å². The van der Waals surface area contributed by atoms with Crippen molar-refractivity contribution in [2.45, 2.75) is 38.3 Å². The number of hydrogen-bond acceptors (Lipinski definition) is 5. The molecule has 5 rings (SSSR count). The number of likely N-dealkylation sites (tertiary alicyclic amines) is 1. The molecule has 200 valence electrons. The van der Waals surface area contributed by atoms with Crippen molar-refractivity contribution in [3.05, 3.63) is 81.3 Å². The van der Waals surface area contributed by atoms with Gasteiger partial charge in [-0.2, -0.15) is 0 Å². The molecule has 2 aromatic carbocycles. The zero-order chi connectivity index (χ0) is 26.8. The quantitative estimate of drug-likeness (QED) is 0.489. The van der Waals surface area contributed by atoms with E-state index in [2.05, 4.69) is 46.4 Å². The second-order valence-corrected chi connectivity index (χ2v) is 10.5. The molecular formula is C30H35ClN4O3. The molecule has 1 amide bonds. The number of carbonyl (C=O) groups excluding carboxylic acids is 1. The average Bonchev–Trinajstić information content (AvgIpc) is 2.96. The second kappa shape index (κ2) is 11.2. The molecule has 2 heterocycles. The van der Waals surface area contributed by atoms with Crippen LogP contribution in [-0.4, -0.2) is 67.2 Å². The Bertz CT molecular complexity index is 1440. The Balaban J connectivity index is 1.27. The number of nitrogens with one attached hydrogen (secondary N) is 1. The highest BCUT2D eigenvalue weighted by atomic mass is 35.5. The van der Waals surface area contributed by atoms with E-state index in [4.69, 9.17) is 16.3 Å². The highest BCUT2D eigenvalue weighted by molar-refractivity contribution is 6.49. The van der Waals surface area contributed by atoms with Crippen molar-refractivity contribution in [2.75, 3.05) is 40.8 Å². The van der Waals surface area contributed by atoms with Crippen molar-refractivity contribution >= 4 is 33.4 Å². The molecule has 0 atom stereocenters. The minimum Gasteiger partial charge on any atom is -0.497 e. The fraction of sp³-hybridized carbons (Fsp3) is 0.400. The first kappa shape index (κ1) is 26.3. The first-order chi connectivity index (χ1) is 18.4. The highest BCUT2D eigenvalue weighted by Gasteiger charge is 2.27. The number of benzene rings is 2. The maximum absolute atomic E-state index is 13.1. The molecule has 0 unspecified atom stereocenters. The number of methoxy groups -OCH3 is 1. The zero-order valence-corrected chi connectivity index (χ0v) is 23.1. The summed E-state index contributed by atoms with van der Waals surface area (Å²) in [6.07, 6.45) is 4.09. The van der Waals surface area contributed by atoms with Gasteiger partial charge in [0.1, 0.15) is 5.75 Å². The van der Waals surface area contributed by atoms with Crippen LogP contribution < -0.4 is 15.6 Å². The number of amides is 1. The number of rotatable bonds is 7. The summed E-state index contributed by atoms with van der Waals surface area (Å²) in [6.45, 7) is 3.23. The third kappa shape index (κ3) is 5.05. The summed E-state index contributed by atoms with van der Waals surface area (Å²) in [5.74, 6) is 0.383. The van der Waals surface area contributed by atoms with E-state index in [1.54, 1.807) is 18.7 Å². The van der Waals surface area contributed by atoms with Crippen molar-refractivity contribution in [3.63, 3.8) is 0 Å². The number of fused-ring (bicyclic) bond motifs is 2. The summed E-state index contributed by atoms with van der Waals surface area (Å²) in [4.78, 5) is 30.3. The van der Waals surface area contributed by atoms with Crippen LogP contribution in [-0.2, 0) is 13.0 Å². The first-order valence-electron chi connectivity index (χ1n) is 13.3. The van der Waals surface area contributed by atoms with Crippen LogP contribution in [0.3, 0.4) is 0 Å². The zero-order valence-electron chi connectivity index (χ0n) is 22.3. The van der Waals surface area contributed by atoms with Crippen molar-refractivity contribution in [3.8, 4) is 5.75 Å². The van der Waals surface area contributed by atoms with E-state index in [0.717, 1.165) is 61.3 Å². The molecule has 2 aliphatic rings. The van der Waals surface area contributed by atoms with E-state index in [0.29, 0.717) is 29.4 Å². The molecule has 0 radical (unpaired) electrons. The average molecular weight is 535 g/mol. The monoisotopic (exact) mass is 534 g/mol. The molecule has 0 saturated carbocycles. The third-order valence-electron chi connectivity index (χ3n) is 8.10. The Morgan fingerprint density at radius 2 is 1.87 bits per heavy atom. The fourth-order valence-corrected chi connectivity index (χ4v) is 6.25. The molecule has 0 spiro atoms. The predicted molar refractivity (Wildman–Crippen MR) is 153 cm³/mol. The highest BCUT2D eigenvalue weighted by Crippen LogP contribution is 2.36. The summed E-state index contributed by atoms with van der Waals surface area (Å²) in [6, 6.07) is 15.8. The van der Waals surface area contributed by atoms with E-state index in [9.17, 15) is 9.59 Å². The largest absolute Gasteiger partial charge is 0.497 e. The predicted octanol–water partition coefficient (Wildman–Crippen LogP) is 4.32. The van der Waals surface area contributed by atoms with Crippen LogP contribution in [0.25, 0.3) is 15.9 Å². The molecule has 3 aromatic rings. The number of nitrogens with zero attached hydrogens (tertiary/aromatic N) is 3. The summed E-state index contributed by atoms with van der Waals surface area (Å²) >= 11 is 6.86. The number of ether oxygens (including phenoxy) is 1. The van der Waals surface area contributed by atoms with Crippen LogP contribution in [0.2, 0.25) is 0 Å². The second-order valence-electron chi connectivity index (χ2n) is 10.1. The van der Waals surface area contributed by atoms with E-state index in [1.807, 2.05) is 18.2 Å². The maximum Gasteiger partial charge on any atom is 0.251 e. The summed E-state index contributed by atoms with van der Waals surface area (Å²) in [7, 11) is 5.35. The van der Waals surface area contributed by atoms with Gasteiger partial charge in [-0.25, -0.2) is 0 Å². The first-order valence-corrected chi connectivity index (χ1v) is 13.6. The summed E-state index contributed by atoms with van der Waals surface area (Å²) in [5, 5.41) is 4.26. The Kier molecular flexibility index (Phi) is 7.77. The number of pyridine rings is 1. The number of hydrogen-bond donors (Lipinski definition) is 1.